The number of aromatic nitrogens is 2. The van der Waals surface area contributed by atoms with E-state index in [-0.39, 0.29) is 6.04 Å². The van der Waals surface area contributed by atoms with Gasteiger partial charge in [-0.3, -0.25) is 9.58 Å². The summed E-state index contributed by atoms with van der Waals surface area (Å²) in [5.41, 5.74) is 8.82. The first kappa shape index (κ1) is 11.6. The van der Waals surface area contributed by atoms with Crippen molar-refractivity contribution in [1.29, 1.82) is 0 Å². The Balaban J connectivity index is 2.32. The number of nitrogens with zero attached hydrogens (tertiary/aromatic N) is 3. The number of likely N-dealkylation sites (tertiary alicyclic amines) is 1. The summed E-state index contributed by atoms with van der Waals surface area (Å²) in [7, 11) is 4.16. The Morgan fingerprint density at radius 3 is 2.75 bits per heavy atom. The predicted octanol–water partition coefficient (Wildman–Crippen LogP) is 1.21. The molecule has 2 unspecified atom stereocenters. The summed E-state index contributed by atoms with van der Waals surface area (Å²) in [6, 6.07) is 0.562. The standard InChI is InChI=1S/C12H22N4/c1-9-10(8-14-16(9)3)12-11(13)6-4-5-7-15(12)2/h8,11-12H,4-7,13H2,1-3H3. The molecule has 1 saturated heterocycles. The lowest BCUT2D eigenvalue weighted by Gasteiger charge is -2.30. The van der Waals surface area contributed by atoms with Crippen molar-refractivity contribution in [2.45, 2.75) is 38.3 Å². The molecule has 1 aliphatic rings. The van der Waals surface area contributed by atoms with Crippen molar-refractivity contribution >= 4 is 0 Å². The highest BCUT2D eigenvalue weighted by molar-refractivity contribution is 5.22. The first-order valence-corrected chi connectivity index (χ1v) is 6.05. The van der Waals surface area contributed by atoms with Crippen molar-refractivity contribution in [3.63, 3.8) is 0 Å². The van der Waals surface area contributed by atoms with Crippen LogP contribution in [0.25, 0.3) is 0 Å². The molecule has 1 aliphatic heterocycles. The first-order valence-electron chi connectivity index (χ1n) is 6.05. The van der Waals surface area contributed by atoms with Gasteiger partial charge in [-0.05, 0) is 33.4 Å². The Morgan fingerprint density at radius 1 is 1.38 bits per heavy atom. The molecule has 0 saturated carbocycles. The van der Waals surface area contributed by atoms with Gasteiger partial charge in [-0.15, -0.1) is 0 Å². The van der Waals surface area contributed by atoms with E-state index in [1.165, 1.54) is 24.1 Å². The number of hydrogen-bond donors (Lipinski definition) is 1. The van der Waals surface area contributed by atoms with Gasteiger partial charge in [0.15, 0.2) is 0 Å². The van der Waals surface area contributed by atoms with Crippen molar-refractivity contribution in [3.8, 4) is 0 Å². The molecule has 2 atom stereocenters. The molecule has 0 amide bonds. The second kappa shape index (κ2) is 4.55. The van der Waals surface area contributed by atoms with E-state index >= 15 is 0 Å². The summed E-state index contributed by atoms with van der Waals surface area (Å²) >= 11 is 0. The van der Waals surface area contributed by atoms with E-state index in [0.717, 1.165) is 13.0 Å². The van der Waals surface area contributed by atoms with Gasteiger partial charge in [0.1, 0.15) is 0 Å². The zero-order chi connectivity index (χ0) is 11.7. The molecule has 0 aliphatic carbocycles. The minimum absolute atomic E-state index is 0.232. The number of aryl methyl sites for hydroxylation is 1. The summed E-state index contributed by atoms with van der Waals surface area (Å²) in [6.45, 7) is 3.25. The largest absolute Gasteiger partial charge is 0.326 e. The third kappa shape index (κ3) is 1.99. The molecule has 1 aromatic rings. The maximum absolute atomic E-state index is 6.30. The van der Waals surface area contributed by atoms with Gasteiger partial charge in [-0.25, -0.2) is 0 Å². The minimum atomic E-state index is 0.232. The fourth-order valence-corrected chi connectivity index (χ4v) is 2.64. The number of likely N-dealkylation sites (N-methyl/N-ethyl adjacent to an activating group) is 1. The molecule has 16 heavy (non-hydrogen) atoms. The Morgan fingerprint density at radius 2 is 2.12 bits per heavy atom. The maximum atomic E-state index is 6.30. The summed E-state index contributed by atoms with van der Waals surface area (Å²) in [4.78, 5) is 2.38. The third-order valence-corrected chi connectivity index (χ3v) is 3.77. The molecule has 2 heterocycles. The Kier molecular flexibility index (Phi) is 3.30. The normalized spacial score (nSPS) is 28.0. The first-order chi connectivity index (χ1) is 7.61. The quantitative estimate of drug-likeness (QED) is 0.777. The van der Waals surface area contributed by atoms with E-state index in [2.05, 4.69) is 24.0 Å². The molecule has 4 heteroatoms. The molecule has 0 aromatic carbocycles. The summed E-state index contributed by atoms with van der Waals surface area (Å²) in [6.07, 6.45) is 5.58. The molecule has 0 radical (unpaired) electrons. The van der Waals surface area contributed by atoms with Crippen molar-refractivity contribution in [1.82, 2.24) is 14.7 Å². The lowest BCUT2D eigenvalue weighted by atomic mass is 9.97. The second-order valence-corrected chi connectivity index (χ2v) is 4.89. The highest BCUT2D eigenvalue weighted by Crippen LogP contribution is 2.29. The predicted molar refractivity (Wildman–Crippen MR) is 65.1 cm³/mol. The van der Waals surface area contributed by atoms with Crippen LogP contribution >= 0.6 is 0 Å². The Bertz CT molecular complexity index is 346. The van der Waals surface area contributed by atoms with Crippen LogP contribution < -0.4 is 5.73 Å². The fraction of sp³-hybridized carbons (Fsp3) is 0.750. The van der Waals surface area contributed by atoms with Crippen LogP contribution in [0.1, 0.15) is 36.6 Å². The fourth-order valence-electron chi connectivity index (χ4n) is 2.64. The van der Waals surface area contributed by atoms with Crippen LogP contribution in [-0.2, 0) is 7.05 Å². The van der Waals surface area contributed by atoms with Gasteiger partial charge in [0.25, 0.3) is 0 Å². The molecule has 90 valence electrons. The lowest BCUT2D eigenvalue weighted by Crippen LogP contribution is -2.37. The van der Waals surface area contributed by atoms with Crippen molar-refractivity contribution < 1.29 is 0 Å². The topological polar surface area (TPSA) is 47.1 Å². The summed E-state index contributed by atoms with van der Waals surface area (Å²) in [5, 5.41) is 4.33. The minimum Gasteiger partial charge on any atom is -0.326 e. The van der Waals surface area contributed by atoms with E-state index in [9.17, 15) is 0 Å². The highest BCUT2D eigenvalue weighted by atomic mass is 15.3. The Labute approximate surface area is 97.4 Å². The third-order valence-electron chi connectivity index (χ3n) is 3.77. The molecule has 1 aromatic heterocycles. The average Bonchev–Trinajstić information content (AvgIpc) is 2.48. The lowest BCUT2D eigenvalue weighted by molar-refractivity contribution is 0.229. The molecular weight excluding hydrogens is 200 g/mol. The van der Waals surface area contributed by atoms with Crippen LogP contribution in [0.15, 0.2) is 6.20 Å². The van der Waals surface area contributed by atoms with Crippen molar-refractivity contribution in [3.05, 3.63) is 17.5 Å². The van der Waals surface area contributed by atoms with E-state index < -0.39 is 0 Å². The van der Waals surface area contributed by atoms with Crippen molar-refractivity contribution in [2.75, 3.05) is 13.6 Å². The molecule has 1 fully saturated rings. The second-order valence-electron chi connectivity index (χ2n) is 4.89. The molecule has 4 nitrogen and oxygen atoms in total. The number of rotatable bonds is 1. The van der Waals surface area contributed by atoms with Crippen molar-refractivity contribution in [2.24, 2.45) is 12.8 Å². The van der Waals surface area contributed by atoms with Gasteiger partial charge in [0.05, 0.1) is 12.2 Å². The average molecular weight is 222 g/mol. The zero-order valence-electron chi connectivity index (χ0n) is 10.5. The van der Waals surface area contributed by atoms with E-state index in [1.54, 1.807) is 0 Å². The van der Waals surface area contributed by atoms with Gasteiger partial charge < -0.3 is 5.73 Å². The van der Waals surface area contributed by atoms with Crippen LogP contribution in [0.2, 0.25) is 0 Å². The van der Waals surface area contributed by atoms with Gasteiger partial charge in [-0.2, -0.15) is 5.10 Å². The molecule has 2 N–H and O–H groups in total. The number of hydrogen-bond acceptors (Lipinski definition) is 3. The molecule has 2 rings (SSSR count). The Hall–Kier alpha value is -0.870. The molecule has 0 bridgehead atoms. The summed E-state index contributed by atoms with van der Waals surface area (Å²) in [5.74, 6) is 0. The van der Waals surface area contributed by atoms with Gasteiger partial charge >= 0.3 is 0 Å². The maximum Gasteiger partial charge on any atom is 0.0541 e. The van der Waals surface area contributed by atoms with Gasteiger partial charge in [-0.1, -0.05) is 6.42 Å². The molecular formula is C12H22N4. The van der Waals surface area contributed by atoms with Crippen LogP contribution in [0.5, 0.6) is 0 Å². The summed E-state index contributed by atoms with van der Waals surface area (Å²) < 4.78 is 1.93. The monoisotopic (exact) mass is 222 g/mol. The smallest absolute Gasteiger partial charge is 0.0541 e. The molecule has 0 spiro atoms. The van der Waals surface area contributed by atoms with Gasteiger partial charge in [0.2, 0.25) is 0 Å². The SMILES string of the molecule is Cc1c(C2C(N)CCCCN2C)cnn1C. The van der Waals surface area contributed by atoms with Crippen LogP contribution in [0.3, 0.4) is 0 Å². The van der Waals surface area contributed by atoms with E-state index in [0.29, 0.717) is 6.04 Å². The van der Waals surface area contributed by atoms with E-state index in [1.807, 2.05) is 17.9 Å². The zero-order valence-corrected chi connectivity index (χ0v) is 10.5. The van der Waals surface area contributed by atoms with Crippen LogP contribution in [0, 0.1) is 6.92 Å². The van der Waals surface area contributed by atoms with Crippen LogP contribution in [0.4, 0.5) is 0 Å². The highest BCUT2D eigenvalue weighted by Gasteiger charge is 2.28. The van der Waals surface area contributed by atoms with Gasteiger partial charge in [0, 0.05) is 24.3 Å². The van der Waals surface area contributed by atoms with E-state index in [4.69, 9.17) is 5.73 Å². The van der Waals surface area contributed by atoms with Crippen LogP contribution in [-0.4, -0.2) is 34.3 Å². The number of nitrogens with two attached hydrogens (primary N) is 1.